The molecule has 2 N–H and O–H groups in total. The lowest BCUT2D eigenvalue weighted by molar-refractivity contribution is -0.199. The third kappa shape index (κ3) is 10.2. The number of carbonyl (C=O) groups is 3. The zero-order chi connectivity index (χ0) is 33.1. The molecule has 15 heteroatoms. The molecule has 244 valence electrons. The van der Waals surface area contributed by atoms with Crippen LogP contribution in [0.3, 0.4) is 0 Å². The topological polar surface area (TPSA) is 118 Å². The molecule has 1 aliphatic heterocycles. The molecule has 1 saturated heterocycles. The normalized spacial score (nSPS) is 13.4. The van der Waals surface area contributed by atoms with Crippen LogP contribution in [0.15, 0.2) is 57.8 Å². The summed E-state index contributed by atoms with van der Waals surface area (Å²) in [6.07, 6.45) is -1.71. The summed E-state index contributed by atoms with van der Waals surface area (Å²) in [5.41, 5.74) is 1.30. The number of nitrogens with one attached hydrogen (secondary N) is 1. The van der Waals surface area contributed by atoms with E-state index >= 15 is 0 Å². The first-order valence-corrected chi connectivity index (χ1v) is 14.9. The number of piperidine rings is 1. The van der Waals surface area contributed by atoms with Crippen LogP contribution >= 0.6 is 11.8 Å². The van der Waals surface area contributed by atoms with Crippen molar-refractivity contribution in [2.45, 2.75) is 43.5 Å². The summed E-state index contributed by atoms with van der Waals surface area (Å²) in [5, 5.41) is 12.5. The van der Waals surface area contributed by atoms with Gasteiger partial charge in [-0.1, -0.05) is 12.1 Å². The average Bonchev–Trinajstić information content (AvgIpc) is 3.49. The number of carboxylic acids is 1. The maximum atomic E-state index is 13.8. The monoisotopic (exact) mass is 658 g/mol. The molecule has 2 heterocycles. The van der Waals surface area contributed by atoms with E-state index in [9.17, 15) is 41.4 Å². The second-order valence-electron chi connectivity index (χ2n) is 9.57. The number of hydrogen-bond acceptors (Lipinski definition) is 8. The van der Waals surface area contributed by atoms with Crippen molar-refractivity contribution >= 4 is 29.6 Å². The molecule has 2 aromatic carbocycles. The molecular weight excluding hydrogens is 627 g/mol. The van der Waals surface area contributed by atoms with Crippen LogP contribution in [0.5, 0.6) is 5.75 Å². The Balaban J connectivity index is 0.000000535. The summed E-state index contributed by atoms with van der Waals surface area (Å²) >= 11 is 1.33. The van der Waals surface area contributed by atoms with Crippen LogP contribution < -0.4 is 10.1 Å². The van der Waals surface area contributed by atoms with Gasteiger partial charge in [0.25, 0.3) is 5.91 Å². The van der Waals surface area contributed by atoms with E-state index in [1.807, 2.05) is 0 Å². The van der Waals surface area contributed by atoms with Gasteiger partial charge in [0.1, 0.15) is 24.7 Å². The minimum absolute atomic E-state index is 0.0557. The summed E-state index contributed by atoms with van der Waals surface area (Å²) in [7, 11) is 0. The highest BCUT2D eigenvalue weighted by molar-refractivity contribution is 7.98. The molecule has 0 atom stereocenters. The van der Waals surface area contributed by atoms with Crippen LogP contribution in [-0.2, 0) is 20.9 Å². The molecule has 1 aromatic heterocycles. The number of hydrogen-bond donors (Lipinski definition) is 2. The molecule has 4 rings (SSSR count). The first-order valence-electron chi connectivity index (χ1n) is 13.7. The molecule has 1 amide bonds. The van der Waals surface area contributed by atoms with E-state index in [1.54, 1.807) is 36.6 Å². The van der Waals surface area contributed by atoms with Gasteiger partial charge in [0.15, 0.2) is 17.4 Å². The molecule has 0 spiro atoms. The Kier molecular flexibility index (Phi) is 12.8. The van der Waals surface area contributed by atoms with Crippen molar-refractivity contribution in [2.24, 2.45) is 0 Å². The fraction of sp³-hybridized carbons (Fsp3) is 0.367. The van der Waals surface area contributed by atoms with Crippen molar-refractivity contribution in [1.82, 2.24) is 10.2 Å². The number of furan rings is 1. The van der Waals surface area contributed by atoms with Gasteiger partial charge in [-0.05, 0) is 86.6 Å². The van der Waals surface area contributed by atoms with Gasteiger partial charge in [-0.25, -0.2) is 13.6 Å². The Bertz CT molecular complexity index is 1460. The predicted molar refractivity (Wildman–Crippen MR) is 154 cm³/mol. The van der Waals surface area contributed by atoms with E-state index in [1.165, 1.54) is 41.8 Å². The summed E-state index contributed by atoms with van der Waals surface area (Å²) in [5.74, 6) is -4.47. The van der Waals surface area contributed by atoms with Crippen molar-refractivity contribution in [1.29, 1.82) is 0 Å². The maximum Gasteiger partial charge on any atom is 0.490 e. The molecule has 9 nitrogen and oxygen atoms in total. The molecule has 0 saturated carbocycles. The lowest BCUT2D eigenvalue weighted by atomic mass is 10.0. The lowest BCUT2D eigenvalue weighted by Gasteiger charge is -2.33. The number of halogens is 5. The fourth-order valence-corrected chi connectivity index (χ4v) is 4.98. The Labute approximate surface area is 259 Å². The van der Waals surface area contributed by atoms with Crippen LogP contribution in [-0.4, -0.2) is 72.6 Å². The summed E-state index contributed by atoms with van der Waals surface area (Å²) in [4.78, 5) is 36.0. The van der Waals surface area contributed by atoms with Crippen LogP contribution in [0.4, 0.5) is 22.0 Å². The average molecular weight is 659 g/mol. The van der Waals surface area contributed by atoms with Gasteiger partial charge in [-0.15, -0.1) is 11.8 Å². The number of alkyl halides is 3. The molecule has 3 aromatic rings. The Morgan fingerprint density at radius 1 is 1.04 bits per heavy atom. The zero-order valence-corrected chi connectivity index (χ0v) is 25.1. The zero-order valence-electron chi connectivity index (χ0n) is 24.3. The van der Waals surface area contributed by atoms with E-state index in [0.717, 1.165) is 13.1 Å². The Morgan fingerprint density at radius 3 is 2.24 bits per heavy atom. The quantitative estimate of drug-likeness (QED) is 0.156. The van der Waals surface area contributed by atoms with Crippen molar-refractivity contribution in [3.05, 3.63) is 71.7 Å². The number of benzene rings is 2. The number of nitrogens with zero attached hydrogens (tertiary/aromatic N) is 1. The number of carbonyl (C=O) groups excluding carboxylic acids is 2. The van der Waals surface area contributed by atoms with Gasteiger partial charge < -0.3 is 29.2 Å². The number of esters is 1. The third-order valence-electron chi connectivity index (χ3n) is 6.48. The van der Waals surface area contributed by atoms with Crippen molar-refractivity contribution in [3.8, 4) is 16.9 Å². The number of carboxylic acid groups (broad SMARTS) is 1. The number of thioether (sulfide) groups is 1. The van der Waals surface area contributed by atoms with Gasteiger partial charge in [0.05, 0.1) is 6.61 Å². The number of amides is 1. The van der Waals surface area contributed by atoms with Crippen molar-refractivity contribution in [3.63, 3.8) is 0 Å². The second kappa shape index (κ2) is 16.3. The highest BCUT2D eigenvalue weighted by Crippen LogP contribution is 2.33. The van der Waals surface area contributed by atoms with E-state index in [-0.39, 0.29) is 25.0 Å². The third-order valence-corrected chi connectivity index (χ3v) is 7.26. The maximum absolute atomic E-state index is 13.8. The molecule has 1 aliphatic rings. The summed E-state index contributed by atoms with van der Waals surface area (Å²) in [6, 6.07) is 12.3. The van der Waals surface area contributed by atoms with Crippen LogP contribution in [0.1, 0.15) is 36.1 Å². The summed E-state index contributed by atoms with van der Waals surface area (Å²) < 4.78 is 75.9. The van der Waals surface area contributed by atoms with E-state index in [0.29, 0.717) is 40.4 Å². The first kappa shape index (κ1) is 35.4. The van der Waals surface area contributed by atoms with Crippen LogP contribution in [0.25, 0.3) is 11.1 Å². The molecule has 0 radical (unpaired) electrons. The molecule has 1 fully saturated rings. The number of rotatable bonds is 10. The van der Waals surface area contributed by atoms with Gasteiger partial charge >= 0.3 is 18.1 Å². The van der Waals surface area contributed by atoms with E-state index in [4.69, 9.17) is 9.15 Å². The highest BCUT2D eigenvalue weighted by Gasteiger charge is 2.40. The van der Waals surface area contributed by atoms with Gasteiger partial charge in [-0.2, -0.15) is 13.2 Å². The minimum Gasteiger partial charge on any atom is -0.486 e. The van der Waals surface area contributed by atoms with Crippen molar-refractivity contribution in [2.75, 3.05) is 32.5 Å². The molecular formula is C30H31F5N2O7S. The van der Waals surface area contributed by atoms with Gasteiger partial charge in [-0.3, -0.25) is 9.59 Å². The van der Waals surface area contributed by atoms with Gasteiger partial charge in [0, 0.05) is 10.9 Å². The SMILES string of the molecule is CCOC(=O)C(F)(F)F.CSc1cc(F)c(F)cc1-c1ccc(OCc2ccc(C(=O)N(CC(=O)O)C3CCNCC3)o2)cc1. The summed E-state index contributed by atoms with van der Waals surface area (Å²) in [6.45, 7) is 2.16. The van der Waals surface area contributed by atoms with E-state index in [2.05, 4.69) is 10.1 Å². The predicted octanol–water partition coefficient (Wildman–Crippen LogP) is 5.92. The number of ether oxygens (including phenoxy) is 2. The highest BCUT2D eigenvalue weighted by atomic mass is 32.2. The molecule has 0 unspecified atom stereocenters. The fourth-order valence-electron chi connectivity index (χ4n) is 4.36. The van der Waals surface area contributed by atoms with E-state index < -0.39 is 42.2 Å². The lowest BCUT2D eigenvalue weighted by Crippen LogP contribution is -2.48. The Hall–Kier alpha value is -4.11. The van der Waals surface area contributed by atoms with Crippen LogP contribution in [0.2, 0.25) is 0 Å². The molecule has 0 bridgehead atoms. The Morgan fingerprint density at radius 2 is 1.69 bits per heavy atom. The van der Waals surface area contributed by atoms with Crippen LogP contribution in [0, 0.1) is 11.6 Å². The molecule has 45 heavy (non-hydrogen) atoms. The number of aliphatic carboxylic acids is 1. The minimum atomic E-state index is -4.85. The molecule has 0 aliphatic carbocycles. The smallest absolute Gasteiger partial charge is 0.486 e. The second-order valence-corrected chi connectivity index (χ2v) is 10.4. The van der Waals surface area contributed by atoms with Crippen molar-refractivity contribution < 1.29 is 55.3 Å². The van der Waals surface area contributed by atoms with Gasteiger partial charge in [0.2, 0.25) is 0 Å². The first-order chi connectivity index (χ1) is 21.3. The largest absolute Gasteiger partial charge is 0.490 e. The standard InChI is InChI=1S/C26H26F2N2O5S.C4H5F3O2/c1-36-24-13-22(28)21(27)12-20(24)16-2-4-18(5-3-16)34-15-19-6-7-23(35-19)26(33)30(14-25(31)32)17-8-10-29-11-9-17;1-2-9-3(8)4(5,6)7/h2-7,12-13,17,29H,8-11,14-15H2,1H3,(H,31,32);2H2,1H3.